The van der Waals surface area contributed by atoms with Crippen molar-refractivity contribution < 1.29 is 28.7 Å². The maximum Gasteiger partial charge on any atom is 0.315 e. The molecule has 0 unspecified atom stereocenters. The van der Waals surface area contributed by atoms with E-state index in [1.165, 1.54) is 16.2 Å². The molecule has 15 nitrogen and oxygen atoms in total. The summed E-state index contributed by atoms with van der Waals surface area (Å²) in [5.74, 6) is -1.67. The van der Waals surface area contributed by atoms with E-state index in [-0.39, 0.29) is 24.9 Å². The van der Waals surface area contributed by atoms with Gasteiger partial charge in [-0.05, 0) is 74.2 Å². The molecule has 8 rings (SSSR count). The van der Waals surface area contributed by atoms with E-state index in [1.54, 1.807) is 48.7 Å². The largest absolute Gasteiger partial charge is 0.471 e. The predicted octanol–water partition coefficient (Wildman–Crippen LogP) is 4.18. The van der Waals surface area contributed by atoms with E-state index in [0.717, 1.165) is 32.1 Å². The number of urea groups is 1. The van der Waals surface area contributed by atoms with E-state index >= 15 is 0 Å². The number of hydrogen-bond donors (Lipinski definition) is 5. The zero-order chi connectivity index (χ0) is 39.4. The summed E-state index contributed by atoms with van der Waals surface area (Å²) in [5, 5.41) is 10.8. The summed E-state index contributed by atoms with van der Waals surface area (Å²) in [6, 6.07) is 13.5. The molecule has 4 aliphatic rings. The van der Waals surface area contributed by atoms with Crippen molar-refractivity contribution in [3.05, 3.63) is 83.9 Å². The van der Waals surface area contributed by atoms with E-state index in [1.807, 2.05) is 29.7 Å². The normalized spacial score (nSPS) is 25.6. The highest BCUT2D eigenvalue weighted by atomic mass is 32.1. The number of aromatic nitrogens is 3. The molecule has 2 aliphatic heterocycles. The maximum absolute atomic E-state index is 14.6. The third-order valence-corrected chi connectivity index (χ3v) is 12.1. The monoisotopic (exact) mass is 791 g/mol. The fourth-order valence-electron chi connectivity index (χ4n) is 8.01. The van der Waals surface area contributed by atoms with Gasteiger partial charge in [0.05, 0.1) is 12.1 Å². The van der Waals surface area contributed by atoms with Gasteiger partial charge in [0.15, 0.2) is 5.82 Å². The number of pyridine rings is 1. The Hall–Kier alpha value is -5.90. The molecule has 2 saturated carbocycles. The lowest BCUT2D eigenvalue weighted by atomic mass is 10.0. The number of amides is 6. The summed E-state index contributed by atoms with van der Waals surface area (Å²) in [6.07, 6.45) is 11.6. The van der Waals surface area contributed by atoms with Crippen molar-refractivity contribution in [1.82, 2.24) is 46.7 Å². The van der Waals surface area contributed by atoms with Gasteiger partial charge < -0.3 is 25.6 Å². The van der Waals surface area contributed by atoms with Crippen molar-refractivity contribution in [2.24, 2.45) is 5.92 Å². The topological polar surface area (TPSA) is 197 Å². The number of carbonyl (C=O) groups is 5. The van der Waals surface area contributed by atoms with Gasteiger partial charge in [0.1, 0.15) is 34.1 Å². The molecule has 2 aliphatic carbocycles. The Bertz CT molecular complexity index is 2160. The van der Waals surface area contributed by atoms with Crippen LogP contribution in [0.5, 0.6) is 5.88 Å². The lowest BCUT2D eigenvalue weighted by Gasteiger charge is -2.30. The number of thiophene rings is 1. The number of fused-ring (bicyclic) bond motifs is 3. The number of nitrogens with one attached hydrogen (secondary N) is 5. The summed E-state index contributed by atoms with van der Waals surface area (Å²) in [6.45, 7) is 0.0325. The number of nitrogens with zero attached hydrogens (tertiary/aromatic N) is 4. The average Bonchev–Trinajstić information content (AvgIpc) is 3.68. The summed E-state index contributed by atoms with van der Waals surface area (Å²) in [7, 11) is 0. The van der Waals surface area contributed by atoms with E-state index < -0.39 is 53.4 Å². The third kappa shape index (κ3) is 8.45. The Morgan fingerprint density at radius 3 is 2.53 bits per heavy atom. The van der Waals surface area contributed by atoms with Crippen LogP contribution in [0.4, 0.5) is 4.79 Å². The molecule has 0 spiro atoms. The summed E-state index contributed by atoms with van der Waals surface area (Å²) < 4.78 is 7.28. The highest BCUT2D eigenvalue weighted by molar-refractivity contribution is 7.17. The Balaban J connectivity index is 1.07. The molecule has 1 aromatic carbocycles. The zero-order valence-corrected chi connectivity index (χ0v) is 32.1. The lowest BCUT2D eigenvalue weighted by molar-refractivity contribution is -0.141. The van der Waals surface area contributed by atoms with Crippen LogP contribution >= 0.6 is 11.3 Å². The van der Waals surface area contributed by atoms with Crippen LogP contribution in [0.25, 0.3) is 21.7 Å². The molecule has 6 amide bonds. The van der Waals surface area contributed by atoms with Crippen LogP contribution in [0.2, 0.25) is 0 Å². The standard InChI is InChI=1S/C41H45N9O6S/c51-35(25-12-4-3-5-13-25)48-49-39(54)41-23-26(41)14-6-1-2-7-18-31(45-40(55)43-27-15-8-9-16-27)38(53)50-24-28(22-32(50)36(52)47-41)56-37-33-29(19-21-57-33)44-34(46-37)30-17-10-11-20-42-30/h3-6,10-14,17,19-21,26-28,31-32H,1-2,7-9,15-16,18,22-24H2,(H,47,52)(H,48,51)(H,49,54)(H2,43,45,55)/b14-6-/t26-,28-,31+,32+,41-/m1/s1. The number of hydrazine groups is 1. The second-order valence-corrected chi connectivity index (χ2v) is 16.0. The Morgan fingerprint density at radius 1 is 0.912 bits per heavy atom. The number of rotatable bonds is 7. The molecule has 5 N–H and O–H groups in total. The molecule has 4 aromatic rings. The molecule has 3 aromatic heterocycles. The molecule has 296 valence electrons. The average molecular weight is 792 g/mol. The van der Waals surface area contributed by atoms with Crippen LogP contribution in [-0.2, 0) is 14.4 Å². The first-order chi connectivity index (χ1) is 27.8. The summed E-state index contributed by atoms with van der Waals surface area (Å²) in [5.41, 5.74) is 5.24. The fraction of sp³-hybridized carbons (Fsp3) is 0.415. The van der Waals surface area contributed by atoms with Crippen LogP contribution in [-0.4, -0.2) is 85.8 Å². The number of ether oxygens (including phenoxy) is 1. The van der Waals surface area contributed by atoms with Crippen molar-refractivity contribution in [2.75, 3.05) is 6.54 Å². The number of allylic oxidation sites excluding steroid dienone is 1. The van der Waals surface area contributed by atoms with Crippen molar-refractivity contribution >= 4 is 51.2 Å². The number of hydrogen-bond acceptors (Lipinski definition) is 10. The smallest absolute Gasteiger partial charge is 0.315 e. The predicted molar refractivity (Wildman–Crippen MR) is 212 cm³/mol. The van der Waals surface area contributed by atoms with Gasteiger partial charge >= 0.3 is 6.03 Å². The minimum absolute atomic E-state index is 0.0325. The van der Waals surface area contributed by atoms with Crippen LogP contribution < -0.4 is 31.5 Å². The fourth-order valence-corrected chi connectivity index (χ4v) is 8.78. The molecular weight excluding hydrogens is 747 g/mol. The molecule has 16 heteroatoms. The van der Waals surface area contributed by atoms with Gasteiger partial charge in [0.2, 0.25) is 17.7 Å². The molecular formula is C41H45N9O6S. The molecule has 0 bridgehead atoms. The zero-order valence-electron chi connectivity index (χ0n) is 31.3. The second-order valence-electron chi connectivity index (χ2n) is 15.1. The van der Waals surface area contributed by atoms with Crippen molar-refractivity contribution in [3.63, 3.8) is 0 Å². The van der Waals surface area contributed by atoms with Gasteiger partial charge in [-0.15, -0.1) is 11.3 Å². The Morgan fingerprint density at radius 2 is 1.72 bits per heavy atom. The van der Waals surface area contributed by atoms with Crippen LogP contribution in [0.1, 0.15) is 74.6 Å². The van der Waals surface area contributed by atoms with Gasteiger partial charge in [-0.1, -0.05) is 55.7 Å². The van der Waals surface area contributed by atoms with E-state index in [9.17, 15) is 24.0 Å². The SMILES string of the molecule is O=C(NC1CCCC1)N[C@H]1CCCC/C=C\[C@@H]2C[C@@]2(C(=O)NNC(=O)c2ccccc2)NC(=O)[C@@H]2C[C@@H](Oc3nc(-c4ccccn4)nc4ccsc34)CN2C1=O. The highest BCUT2D eigenvalue weighted by Crippen LogP contribution is 2.45. The number of carbonyl (C=O) groups excluding carboxylic acids is 5. The van der Waals surface area contributed by atoms with Gasteiger partial charge in [0.25, 0.3) is 11.8 Å². The highest BCUT2D eigenvalue weighted by Gasteiger charge is 2.61. The Labute approximate surface area is 333 Å². The van der Waals surface area contributed by atoms with Crippen molar-refractivity contribution in [3.8, 4) is 17.4 Å². The molecule has 5 atom stereocenters. The van der Waals surface area contributed by atoms with E-state index in [2.05, 4.69) is 36.8 Å². The molecule has 5 heterocycles. The molecule has 57 heavy (non-hydrogen) atoms. The minimum Gasteiger partial charge on any atom is -0.471 e. The first kappa shape index (κ1) is 38.0. The molecule has 0 radical (unpaired) electrons. The third-order valence-electron chi connectivity index (χ3n) is 11.2. The van der Waals surface area contributed by atoms with Gasteiger partial charge in [0, 0.05) is 30.1 Å². The number of benzene rings is 1. The summed E-state index contributed by atoms with van der Waals surface area (Å²) >= 11 is 1.42. The van der Waals surface area contributed by atoms with Crippen LogP contribution in [0, 0.1) is 5.92 Å². The summed E-state index contributed by atoms with van der Waals surface area (Å²) in [4.78, 5) is 84.3. The second kappa shape index (κ2) is 16.7. The van der Waals surface area contributed by atoms with Crippen molar-refractivity contribution in [1.29, 1.82) is 0 Å². The first-order valence-corrected chi connectivity index (χ1v) is 20.5. The lowest BCUT2D eigenvalue weighted by Crippen LogP contribution is -2.59. The quantitative estimate of drug-likeness (QED) is 0.135. The minimum atomic E-state index is -1.36. The van der Waals surface area contributed by atoms with E-state index in [4.69, 9.17) is 9.72 Å². The molecule has 3 fully saturated rings. The van der Waals surface area contributed by atoms with Crippen molar-refractivity contribution in [2.45, 2.75) is 94.0 Å². The van der Waals surface area contributed by atoms with E-state index in [0.29, 0.717) is 58.9 Å². The molecule has 1 saturated heterocycles. The maximum atomic E-state index is 14.6. The van der Waals surface area contributed by atoms with Gasteiger partial charge in [-0.25, -0.2) is 9.78 Å². The first-order valence-electron chi connectivity index (χ1n) is 19.6. The van der Waals surface area contributed by atoms with Crippen LogP contribution in [0.3, 0.4) is 0 Å². The van der Waals surface area contributed by atoms with Crippen LogP contribution in [0.15, 0.2) is 78.3 Å². The van der Waals surface area contributed by atoms with Gasteiger partial charge in [-0.3, -0.25) is 35.0 Å². The Kier molecular flexibility index (Phi) is 11.1. The van der Waals surface area contributed by atoms with Gasteiger partial charge in [-0.2, -0.15) is 4.98 Å².